The predicted octanol–water partition coefficient (Wildman–Crippen LogP) is 2.05. The second kappa shape index (κ2) is 5.31. The van der Waals surface area contributed by atoms with Gasteiger partial charge >= 0.3 is 0 Å². The molecule has 0 unspecified atom stereocenters. The molecule has 0 amide bonds. The lowest BCUT2D eigenvalue weighted by atomic mass is 10.3. The van der Waals surface area contributed by atoms with Crippen molar-refractivity contribution < 1.29 is 16.8 Å². The molecular formula is C10H18O2. The number of carbonyl (C=O) groups excluding carboxylic acids is 1. The SMILES string of the molecule is O=C1CCCC1.[2H]C1([2H])CCC([2H])([2H])C1([2H])O. The molecule has 2 aliphatic carbocycles. The number of ketones is 1. The van der Waals surface area contributed by atoms with Crippen LogP contribution in [0.15, 0.2) is 0 Å². The molecule has 70 valence electrons. The van der Waals surface area contributed by atoms with Crippen molar-refractivity contribution in [3.05, 3.63) is 0 Å². The minimum absolute atomic E-state index is 0.0972. The van der Waals surface area contributed by atoms with Crippen LogP contribution in [0.5, 0.6) is 0 Å². The molecular weight excluding hydrogens is 152 g/mol. The van der Waals surface area contributed by atoms with Crippen LogP contribution in [0.2, 0.25) is 0 Å². The van der Waals surface area contributed by atoms with E-state index in [2.05, 4.69) is 0 Å². The monoisotopic (exact) mass is 175 g/mol. The molecule has 2 saturated carbocycles. The molecule has 0 heterocycles. The first-order chi connectivity index (χ1) is 7.60. The fourth-order valence-corrected chi connectivity index (χ4v) is 1.19. The van der Waals surface area contributed by atoms with Gasteiger partial charge in [-0.1, -0.05) is 12.8 Å². The fourth-order valence-electron chi connectivity index (χ4n) is 1.19. The highest BCUT2D eigenvalue weighted by Crippen LogP contribution is 2.16. The molecule has 12 heavy (non-hydrogen) atoms. The third-order valence-corrected chi connectivity index (χ3v) is 1.87. The summed E-state index contributed by atoms with van der Waals surface area (Å²) in [5.74, 6) is 0.454. The lowest BCUT2D eigenvalue weighted by molar-refractivity contribution is -0.117. The Morgan fingerprint density at radius 1 is 1.25 bits per heavy atom. The average Bonchev–Trinajstić information content (AvgIpc) is 2.71. The second-order valence-electron chi connectivity index (χ2n) is 2.95. The zero-order valence-electron chi connectivity index (χ0n) is 12.1. The Kier molecular flexibility index (Phi) is 2.10. The Labute approximate surface area is 81.0 Å². The maximum Gasteiger partial charge on any atom is 0.132 e. The summed E-state index contributed by atoms with van der Waals surface area (Å²) < 4.78 is 35.6. The van der Waals surface area contributed by atoms with Crippen LogP contribution in [0.1, 0.15) is 58.1 Å². The van der Waals surface area contributed by atoms with Crippen LogP contribution in [0, 0.1) is 0 Å². The van der Waals surface area contributed by atoms with Gasteiger partial charge in [-0.2, -0.15) is 0 Å². The summed E-state index contributed by atoms with van der Waals surface area (Å²) in [5, 5.41) is 9.17. The van der Waals surface area contributed by atoms with E-state index in [1.807, 2.05) is 0 Å². The van der Waals surface area contributed by atoms with Gasteiger partial charge in [0, 0.05) is 18.3 Å². The van der Waals surface area contributed by atoms with Crippen molar-refractivity contribution in [3.63, 3.8) is 0 Å². The van der Waals surface area contributed by atoms with Gasteiger partial charge in [0.15, 0.2) is 0 Å². The molecule has 0 atom stereocenters. The van der Waals surface area contributed by atoms with Gasteiger partial charge in [0.2, 0.25) is 0 Å². The number of aliphatic hydroxyl groups is 1. The van der Waals surface area contributed by atoms with E-state index in [1.54, 1.807) is 0 Å². The maximum absolute atomic E-state index is 10.2. The van der Waals surface area contributed by atoms with Gasteiger partial charge in [-0.15, -0.1) is 0 Å². The predicted molar refractivity (Wildman–Crippen MR) is 47.9 cm³/mol. The summed E-state index contributed by atoms with van der Waals surface area (Å²) in [6.07, 6.45) is -3.08. The van der Waals surface area contributed by atoms with Gasteiger partial charge in [-0.05, 0) is 25.6 Å². The molecule has 0 aromatic carbocycles. The molecule has 2 nitrogen and oxygen atoms in total. The van der Waals surface area contributed by atoms with Crippen molar-refractivity contribution in [2.24, 2.45) is 0 Å². The van der Waals surface area contributed by atoms with Gasteiger partial charge in [0.05, 0.1) is 7.45 Å². The molecule has 1 N–H and O–H groups in total. The standard InChI is InChI=1S/C5H10O.C5H8O/c2*6-5-3-1-2-4-5/h5-6H,1-4H2;1-4H2/i3D2,4D2,5D;. The minimum Gasteiger partial charge on any atom is -0.393 e. The van der Waals surface area contributed by atoms with E-state index in [4.69, 9.17) is 12.0 Å². The second-order valence-corrected chi connectivity index (χ2v) is 2.95. The van der Waals surface area contributed by atoms with Crippen molar-refractivity contribution in [1.29, 1.82) is 0 Å². The normalized spacial score (nSPS) is 41.1. The zero-order chi connectivity index (χ0) is 13.3. The topological polar surface area (TPSA) is 37.3 Å². The molecule has 0 aromatic rings. The van der Waals surface area contributed by atoms with E-state index in [0.717, 1.165) is 25.7 Å². The fraction of sp³-hybridized carbons (Fsp3) is 0.900. The third-order valence-electron chi connectivity index (χ3n) is 1.87. The van der Waals surface area contributed by atoms with Crippen molar-refractivity contribution in [1.82, 2.24) is 0 Å². The van der Waals surface area contributed by atoms with Crippen LogP contribution in [0.3, 0.4) is 0 Å². The van der Waals surface area contributed by atoms with Gasteiger partial charge in [0.25, 0.3) is 0 Å². The smallest absolute Gasteiger partial charge is 0.132 e. The number of hydrogen-bond acceptors (Lipinski definition) is 2. The summed E-state index contributed by atoms with van der Waals surface area (Å²) in [4.78, 5) is 10.2. The first kappa shape index (κ1) is 4.75. The van der Waals surface area contributed by atoms with Crippen molar-refractivity contribution in [2.75, 3.05) is 0 Å². The molecule has 2 heteroatoms. The molecule has 2 rings (SSSR count). The van der Waals surface area contributed by atoms with Gasteiger partial charge in [-0.25, -0.2) is 0 Å². The van der Waals surface area contributed by atoms with E-state index in [-0.39, 0.29) is 12.8 Å². The maximum atomic E-state index is 10.2. The lowest BCUT2D eigenvalue weighted by Gasteiger charge is -1.91. The van der Waals surface area contributed by atoms with Gasteiger partial charge < -0.3 is 5.11 Å². The highest BCUT2D eigenvalue weighted by molar-refractivity contribution is 5.79. The van der Waals surface area contributed by atoms with E-state index in [1.165, 1.54) is 0 Å². The quantitative estimate of drug-likeness (QED) is 0.612. The summed E-state index contributed by atoms with van der Waals surface area (Å²) in [6.45, 7) is 0. The summed E-state index contributed by atoms with van der Waals surface area (Å²) in [5.41, 5.74) is 0. The van der Waals surface area contributed by atoms with Crippen LogP contribution >= 0.6 is 0 Å². The van der Waals surface area contributed by atoms with Crippen molar-refractivity contribution in [3.8, 4) is 0 Å². The average molecular weight is 175 g/mol. The van der Waals surface area contributed by atoms with Crippen molar-refractivity contribution in [2.45, 2.75) is 57.4 Å². The molecule has 0 aromatic heterocycles. The largest absolute Gasteiger partial charge is 0.393 e. The van der Waals surface area contributed by atoms with Crippen LogP contribution in [0.4, 0.5) is 0 Å². The lowest BCUT2D eigenvalue weighted by Crippen LogP contribution is -1.94. The molecule has 0 radical (unpaired) electrons. The summed E-state index contributed by atoms with van der Waals surface area (Å²) in [6, 6.07) is 0. The molecule has 0 saturated heterocycles. The Bertz CT molecular complexity index is 275. The summed E-state index contributed by atoms with van der Waals surface area (Å²) in [7, 11) is 0. The van der Waals surface area contributed by atoms with Crippen LogP contribution in [-0.4, -0.2) is 17.0 Å². The first-order valence-electron chi connectivity index (χ1n) is 6.84. The van der Waals surface area contributed by atoms with Crippen LogP contribution in [0.25, 0.3) is 0 Å². The van der Waals surface area contributed by atoms with Crippen molar-refractivity contribution >= 4 is 5.78 Å². The highest BCUT2D eigenvalue weighted by Gasteiger charge is 2.09. The van der Waals surface area contributed by atoms with E-state index < -0.39 is 18.8 Å². The number of Topliss-reactive ketones (excluding diaryl/α,β-unsaturated/α-hetero) is 1. The number of hydrogen-bond donors (Lipinski definition) is 1. The number of rotatable bonds is 0. The van der Waals surface area contributed by atoms with Crippen LogP contribution in [-0.2, 0) is 4.79 Å². The van der Waals surface area contributed by atoms with E-state index >= 15 is 0 Å². The van der Waals surface area contributed by atoms with Gasteiger partial charge in [-0.3, -0.25) is 4.79 Å². The van der Waals surface area contributed by atoms with Crippen LogP contribution < -0.4 is 0 Å². The van der Waals surface area contributed by atoms with Gasteiger partial charge in [0.1, 0.15) is 5.78 Å². The Hall–Kier alpha value is -0.370. The Morgan fingerprint density at radius 3 is 1.92 bits per heavy atom. The highest BCUT2D eigenvalue weighted by atomic mass is 16.3. The molecule has 2 fully saturated rings. The Morgan fingerprint density at radius 2 is 1.75 bits per heavy atom. The summed E-state index contributed by atoms with van der Waals surface area (Å²) >= 11 is 0. The van der Waals surface area contributed by atoms with E-state index in [9.17, 15) is 4.79 Å². The molecule has 2 aliphatic rings. The Balaban J connectivity index is 0.000000202. The zero-order valence-corrected chi connectivity index (χ0v) is 7.10. The first-order valence-corrected chi connectivity index (χ1v) is 4.34. The third kappa shape index (κ3) is 3.86. The molecule has 0 aliphatic heterocycles. The molecule has 0 spiro atoms. The minimum atomic E-state index is -2.60. The van der Waals surface area contributed by atoms with E-state index in [0.29, 0.717) is 5.78 Å². The number of carbonyl (C=O) groups is 1. The molecule has 0 bridgehead atoms.